The summed E-state index contributed by atoms with van der Waals surface area (Å²) in [6, 6.07) is 7.13. The van der Waals surface area contributed by atoms with Gasteiger partial charge in [-0.3, -0.25) is 0 Å². The van der Waals surface area contributed by atoms with Gasteiger partial charge in [-0.1, -0.05) is 38.3 Å². The molecule has 0 spiro atoms. The molecular formula is C15H24N4O3. The summed E-state index contributed by atoms with van der Waals surface area (Å²) in [6.45, 7) is 10.4. The van der Waals surface area contributed by atoms with Gasteiger partial charge in [0.25, 0.3) is 5.96 Å². The second-order valence-corrected chi connectivity index (χ2v) is 5.94. The Bertz CT molecular complexity index is 538. The summed E-state index contributed by atoms with van der Waals surface area (Å²) in [7, 11) is 0. The minimum absolute atomic E-state index is 0.0829. The summed E-state index contributed by atoms with van der Waals surface area (Å²) in [4.78, 5) is 15.2. The molecule has 22 heavy (non-hydrogen) atoms. The van der Waals surface area contributed by atoms with Crippen molar-refractivity contribution in [2.75, 3.05) is 11.9 Å². The molecule has 0 aliphatic carbocycles. The molecule has 122 valence electrons. The maximum atomic E-state index is 10.8. The molecule has 0 heterocycles. The van der Waals surface area contributed by atoms with Crippen LogP contribution in [0.3, 0.4) is 0 Å². The van der Waals surface area contributed by atoms with Gasteiger partial charge in [-0.15, -0.1) is 0 Å². The number of anilines is 1. The molecule has 7 heteroatoms. The molecule has 0 aromatic heterocycles. The fraction of sp³-hybridized carbons (Fsp3) is 0.533. The number of hydrogen-bond acceptors (Lipinski definition) is 4. The third-order valence-electron chi connectivity index (χ3n) is 3.21. The van der Waals surface area contributed by atoms with E-state index in [4.69, 9.17) is 4.74 Å². The van der Waals surface area contributed by atoms with Crippen molar-refractivity contribution in [3.05, 3.63) is 34.4 Å². The van der Waals surface area contributed by atoms with Crippen molar-refractivity contribution in [1.29, 1.82) is 0 Å². The number of aliphatic imine (C=N–C) groups is 1. The van der Waals surface area contributed by atoms with Crippen LogP contribution >= 0.6 is 0 Å². The van der Waals surface area contributed by atoms with E-state index in [1.165, 1.54) is 0 Å². The Morgan fingerprint density at radius 2 is 2.05 bits per heavy atom. The van der Waals surface area contributed by atoms with E-state index in [2.05, 4.69) is 15.7 Å². The van der Waals surface area contributed by atoms with Gasteiger partial charge in [-0.05, 0) is 31.4 Å². The Balaban J connectivity index is 3.04. The molecule has 0 amide bonds. The molecule has 0 radical (unpaired) electrons. The number of hydrazine groups is 1. The number of guanidine groups is 1. The van der Waals surface area contributed by atoms with E-state index in [0.29, 0.717) is 18.0 Å². The van der Waals surface area contributed by atoms with Crippen molar-refractivity contribution in [3.8, 4) is 5.75 Å². The van der Waals surface area contributed by atoms with Crippen LogP contribution in [0.5, 0.6) is 5.75 Å². The van der Waals surface area contributed by atoms with Crippen LogP contribution < -0.4 is 15.5 Å². The third kappa shape index (κ3) is 5.59. The van der Waals surface area contributed by atoms with Crippen molar-refractivity contribution in [3.63, 3.8) is 0 Å². The van der Waals surface area contributed by atoms with Gasteiger partial charge in [0.2, 0.25) is 0 Å². The van der Waals surface area contributed by atoms with Crippen LogP contribution in [0.15, 0.2) is 29.3 Å². The van der Waals surface area contributed by atoms with Crippen molar-refractivity contribution in [2.24, 2.45) is 10.4 Å². The molecular weight excluding hydrogens is 284 g/mol. The predicted molar refractivity (Wildman–Crippen MR) is 87.7 cm³/mol. The van der Waals surface area contributed by atoms with Gasteiger partial charge < -0.3 is 10.1 Å². The van der Waals surface area contributed by atoms with Crippen LogP contribution in [0.25, 0.3) is 0 Å². The zero-order chi connectivity index (χ0) is 16.8. The number of para-hydroxylation sites is 2. The average Bonchev–Trinajstić information content (AvgIpc) is 2.39. The molecule has 0 bridgehead atoms. The van der Waals surface area contributed by atoms with E-state index >= 15 is 0 Å². The highest BCUT2D eigenvalue weighted by atomic mass is 16.7. The van der Waals surface area contributed by atoms with Gasteiger partial charge in [-0.25, -0.2) is 15.1 Å². The fourth-order valence-corrected chi connectivity index (χ4v) is 1.54. The number of benzene rings is 1. The van der Waals surface area contributed by atoms with E-state index < -0.39 is 5.03 Å². The Morgan fingerprint density at radius 1 is 1.41 bits per heavy atom. The van der Waals surface area contributed by atoms with Gasteiger partial charge in [0.1, 0.15) is 5.75 Å². The summed E-state index contributed by atoms with van der Waals surface area (Å²) in [5.41, 5.74) is 2.62. The molecule has 1 aromatic carbocycles. The minimum Gasteiger partial charge on any atom is -0.492 e. The maximum Gasteiger partial charge on any atom is 0.259 e. The van der Waals surface area contributed by atoms with Crippen LogP contribution in [0.2, 0.25) is 0 Å². The molecule has 1 atom stereocenters. The van der Waals surface area contributed by atoms with E-state index in [-0.39, 0.29) is 17.4 Å². The van der Waals surface area contributed by atoms with Crippen LogP contribution in [-0.4, -0.2) is 23.6 Å². The zero-order valence-corrected chi connectivity index (χ0v) is 13.7. The SMILES string of the molecule is CCOc1ccccc1NC(=NC(C)C(C)(C)C)N[N+](=O)[O-]. The van der Waals surface area contributed by atoms with E-state index in [1.807, 2.05) is 46.8 Å². The van der Waals surface area contributed by atoms with Gasteiger partial charge in [-0.2, -0.15) is 0 Å². The smallest absolute Gasteiger partial charge is 0.259 e. The number of nitro groups is 1. The molecule has 1 unspecified atom stereocenters. The van der Waals surface area contributed by atoms with Gasteiger partial charge in [0, 0.05) is 0 Å². The molecule has 7 nitrogen and oxygen atoms in total. The fourth-order valence-electron chi connectivity index (χ4n) is 1.54. The first-order valence-corrected chi connectivity index (χ1v) is 7.21. The topological polar surface area (TPSA) is 88.8 Å². The summed E-state index contributed by atoms with van der Waals surface area (Å²) in [5.74, 6) is 0.700. The lowest BCUT2D eigenvalue weighted by Gasteiger charge is -2.24. The summed E-state index contributed by atoms with van der Waals surface area (Å²) in [6.07, 6.45) is 0. The summed E-state index contributed by atoms with van der Waals surface area (Å²) in [5, 5.41) is 13.1. The normalized spacial score (nSPS) is 13.4. The standard InChI is InChI=1S/C15H24N4O3/c1-6-22-13-10-8-7-9-12(13)17-14(18-19(20)21)16-11(2)15(3,4)5/h7-11H,6H2,1-5H3,(H2,16,17,18). The minimum atomic E-state index is -0.634. The molecule has 0 saturated carbocycles. The highest BCUT2D eigenvalue weighted by molar-refractivity contribution is 5.94. The summed E-state index contributed by atoms with van der Waals surface area (Å²) < 4.78 is 5.50. The molecule has 0 aliphatic rings. The van der Waals surface area contributed by atoms with Crippen LogP contribution in [0.1, 0.15) is 34.6 Å². The largest absolute Gasteiger partial charge is 0.492 e. The first-order valence-electron chi connectivity index (χ1n) is 7.21. The quantitative estimate of drug-likeness (QED) is 0.378. The average molecular weight is 308 g/mol. The Labute approximate surface area is 130 Å². The van der Waals surface area contributed by atoms with Crippen LogP contribution in [-0.2, 0) is 0 Å². The van der Waals surface area contributed by atoms with E-state index in [9.17, 15) is 10.1 Å². The predicted octanol–water partition coefficient (Wildman–Crippen LogP) is 3.07. The van der Waals surface area contributed by atoms with Gasteiger partial charge in [0.15, 0.2) is 5.03 Å². The van der Waals surface area contributed by atoms with Gasteiger partial charge >= 0.3 is 0 Å². The highest BCUT2D eigenvalue weighted by Crippen LogP contribution is 2.25. The molecule has 0 fully saturated rings. The number of hydrogen-bond donors (Lipinski definition) is 2. The highest BCUT2D eigenvalue weighted by Gasteiger charge is 2.21. The molecule has 0 saturated heterocycles. The molecule has 1 aromatic rings. The lowest BCUT2D eigenvalue weighted by atomic mass is 9.89. The Morgan fingerprint density at radius 3 is 2.59 bits per heavy atom. The molecule has 2 N–H and O–H groups in total. The van der Waals surface area contributed by atoms with Crippen molar-refractivity contribution < 1.29 is 9.77 Å². The van der Waals surface area contributed by atoms with Crippen molar-refractivity contribution >= 4 is 11.6 Å². The van der Waals surface area contributed by atoms with Crippen LogP contribution in [0, 0.1) is 15.5 Å². The Kier molecular flexibility index (Phi) is 6.15. The first kappa shape index (κ1) is 17.7. The number of rotatable bonds is 5. The number of nitrogens with one attached hydrogen (secondary N) is 2. The van der Waals surface area contributed by atoms with Crippen LogP contribution in [0.4, 0.5) is 5.69 Å². The summed E-state index contributed by atoms with van der Waals surface area (Å²) >= 11 is 0. The van der Waals surface area contributed by atoms with Crippen molar-refractivity contribution in [1.82, 2.24) is 5.43 Å². The molecule has 1 rings (SSSR count). The maximum absolute atomic E-state index is 10.8. The lowest BCUT2D eigenvalue weighted by molar-refractivity contribution is -0.525. The first-order chi connectivity index (χ1) is 10.2. The monoisotopic (exact) mass is 308 g/mol. The number of ether oxygens (including phenoxy) is 1. The second-order valence-electron chi connectivity index (χ2n) is 5.94. The third-order valence-corrected chi connectivity index (χ3v) is 3.21. The zero-order valence-electron chi connectivity index (χ0n) is 13.7. The van der Waals surface area contributed by atoms with Crippen molar-refractivity contribution in [2.45, 2.75) is 40.7 Å². The lowest BCUT2D eigenvalue weighted by Crippen LogP contribution is -2.37. The van der Waals surface area contributed by atoms with Gasteiger partial charge in [0.05, 0.1) is 18.3 Å². The molecule has 0 aliphatic heterocycles. The Hall–Kier alpha value is -2.31. The van der Waals surface area contributed by atoms with E-state index in [1.54, 1.807) is 12.1 Å². The van der Waals surface area contributed by atoms with E-state index in [0.717, 1.165) is 0 Å². The second kappa shape index (κ2) is 7.63. The number of nitrogens with zero attached hydrogens (tertiary/aromatic N) is 2.